The molecule has 1 saturated heterocycles. The van der Waals surface area contributed by atoms with Crippen molar-refractivity contribution in [1.82, 2.24) is 20.9 Å². The summed E-state index contributed by atoms with van der Waals surface area (Å²) in [6.07, 6.45) is 5.08. The number of hydrazine groups is 2. The monoisotopic (exact) mass is 395 g/mol. The number of nitrogens with zero attached hydrogens (tertiary/aromatic N) is 4. The van der Waals surface area contributed by atoms with Gasteiger partial charge in [-0.1, -0.05) is 0 Å². The zero-order valence-corrected chi connectivity index (χ0v) is 16.2. The van der Waals surface area contributed by atoms with Crippen LogP contribution in [0.4, 0.5) is 11.5 Å². The van der Waals surface area contributed by atoms with Gasteiger partial charge in [0.1, 0.15) is 23.5 Å². The lowest BCUT2D eigenvalue weighted by molar-refractivity contribution is 0.200. The van der Waals surface area contributed by atoms with Crippen LogP contribution in [0.5, 0.6) is 5.75 Å². The molecular formula is C19H25N9O. The van der Waals surface area contributed by atoms with E-state index in [-0.39, 0.29) is 17.4 Å². The van der Waals surface area contributed by atoms with Crippen molar-refractivity contribution in [2.24, 2.45) is 10.8 Å². The number of nitrogen functional groups attached to an aromatic ring is 1. The molecule has 0 amide bonds. The van der Waals surface area contributed by atoms with Gasteiger partial charge in [-0.3, -0.25) is 21.7 Å². The van der Waals surface area contributed by atoms with E-state index in [0.29, 0.717) is 16.9 Å². The first-order chi connectivity index (χ1) is 14.0. The lowest BCUT2D eigenvalue weighted by atomic mass is 10.0. The van der Waals surface area contributed by atoms with Crippen molar-refractivity contribution in [3.05, 3.63) is 41.9 Å². The Labute approximate surface area is 168 Å². The van der Waals surface area contributed by atoms with Gasteiger partial charge in [0, 0.05) is 30.4 Å². The van der Waals surface area contributed by atoms with Gasteiger partial charge in [-0.25, -0.2) is 9.97 Å². The maximum absolute atomic E-state index is 8.62. The topological polar surface area (TPSA) is 151 Å². The third kappa shape index (κ3) is 4.28. The van der Waals surface area contributed by atoms with E-state index in [4.69, 9.17) is 21.7 Å². The summed E-state index contributed by atoms with van der Waals surface area (Å²) < 4.78 is 6.01. The van der Waals surface area contributed by atoms with E-state index in [1.54, 1.807) is 12.1 Å². The van der Waals surface area contributed by atoms with Crippen LogP contribution in [-0.4, -0.2) is 46.8 Å². The Bertz CT molecular complexity index is 935. The molecule has 1 aliphatic carbocycles. The van der Waals surface area contributed by atoms with Crippen LogP contribution in [0.2, 0.25) is 0 Å². The maximum atomic E-state index is 8.62. The molecule has 152 valence electrons. The molecule has 29 heavy (non-hydrogen) atoms. The first-order valence-corrected chi connectivity index (χ1v) is 9.45. The number of ether oxygens (including phenoxy) is 1. The molecule has 10 nitrogen and oxygen atoms in total. The van der Waals surface area contributed by atoms with Gasteiger partial charge in [0.15, 0.2) is 0 Å². The summed E-state index contributed by atoms with van der Waals surface area (Å²) in [5.74, 6) is 6.60. The largest absolute Gasteiger partial charge is 0.488 e. The smallest absolute Gasteiger partial charge is 0.132 e. The number of benzene rings is 1. The van der Waals surface area contributed by atoms with Gasteiger partial charge in [-0.15, -0.1) is 0 Å². The van der Waals surface area contributed by atoms with E-state index in [0.717, 1.165) is 37.5 Å². The quantitative estimate of drug-likeness (QED) is 0.143. The van der Waals surface area contributed by atoms with Crippen molar-refractivity contribution < 1.29 is 4.74 Å². The number of aliphatic imine (C=N–C) groups is 1. The number of hydrogen-bond acceptors (Lipinski definition) is 9. The van der Waals surface area contributed by atoms with E-state index in [1.807, 2.05) is 12.1 Å². The summed E-state index contributed by atoms with van der Waals surface area (Å²) in [4.78, 5) is 15.0. The molecule has 2 aromatic rings. The molecule has 2 heterocycles. The number of aromatic nitrogens is 2. The summed E-state index contributed by atoms with van der Waals surface area (Å²) in [5, 5.41) is 8.62. The molecule has 0 radical (unpaired) electrons. The SMILES string of the molecule is CC1(Oc2ccc(N)c(C(=N)c3cc(N4CC(N=CNNN)C4)ncn3)c2)CC1. The second kappa shape index (κ2) is 7.64. The molecule has 0 atom stereocenters. The van der Waals surface area contributed by atoms with Gasteiger partial charge in [0.05, 0.1) is 23.8 Å². The highest BCUT2D eigenvalue weighted by molar-refractivity contribution is 6.13. The van der Waals surface area contributed by atoms with Crippen LogP contribution >= 0.6 is 0 Å². The number of rotatable bonds is 8. The second-order valence-electron chi connectivity index (χ2n) is 7.56. The number of anilines is 2. The van der Waals surface area contributed by atoms with E-state index >= 15 is 0 Å². The van der Waals surface area contributed by atoms with Crippen LogP contribution in [0.25, 0.3) is 0 Å². The minimum absolute atomic E-state index is 0.0933. The van der Waals surface area contributed by atoms with Crippen molar-refractivity contribution in [3.63, 3.8) is 0 Å². The standard InChI is InChI=1S/C19H25N9O/c1-19(4-5-19)29-13-2-3-15(20)14(6-13)18(21)16-7-17(25-10-24-16)28-8-12(9-28)23-11-26-27-22/h2-3,6-7,10-12,21,27H,4-5,8-9,20,22H2,1H3,(H,23,26). The molecule has 4 rings (SSSR count). The lowest BCUT2D eigenvalue weighted by Crippen LogP contribution is -2.51. The maximum Gasteiger partial charge on any atom is 0.132 e. The van der Waals surface area contributed by atoms with E-state index in [9.17, 15) is 0 Å². The molecule has 1 aromatic heterocycles. The molecule has 2 fully saturated rings. The third-order valence-corrected chi connectivity index (χ3v) is 5.14. The van der Waals surface area contributed by atoms with Crippen molar-refractivity contribution >= 4 is 23.6 Å². The Morgan fingerprint density at radius 2 is 2.14 bits per heavy atom. The number of hydrogen-bond donors (Lipinski definition) is 5. The van der Waals surface area contributed by atoms with Gasteiger partial charge in [-0.05, 0) is 38.0 Å². The van der Waals surface area contributed by atoms with Crippen LogP contribution in [0, 0.1) is 5.41 Å². The molecular weight excluding hydrogens is 370 g/mol. The van der Waals surface area contributed by atoms with Crippen molar-refractivity contribution in [3.8, 4) is 5.75 Å². The first kappa shape index (κ1) is 19.1. The molecule has 0 unspecified atom stereocenters. The van der Waals surface area contributed by atoms with Crippen LogP contribution in [0.15, 0.2) is 35.6 Å². The van der Waals surface area contributed by atoms with Crippen LogP contribution < -0.4 is 32.2 Å². The summed E-state index contributed by atoms with van der Waals surface area (Å²) >= 11 is 0. The minimum Gasteiger partial charge on any atom is -0.488 e. The van der Waals surface area contributed by atoms with Gasteiger partial charge in [-0.2, -0.15) is 5.53 Å². The van der Waals surface area contributed by atoms with Crippen molar-refractivity contribution in [2.45, 2.75) is 31.4 Å². The summed E-state index contributed by atoms with van der Waals surface area (Å²) in [5.41, 5.74) is 12.8. The first-order valence-electron chi connectivity index (χ1n) is 9.45. The molecule has 1 aromatic carbocycles. The second-order valence-corrected chi connectivity index (χ2v) is 7.56. The molecule has 1 aliphatic heterocycles. The van der Waals surface area contributed by atoms with E-state index < -0.39 is 0 Å². The number of nitrogens with one attached hydrogen (secondary N) is 3. The van der Waals surface area contributed by atoms with Crippen LogP contribution in [0.1, 0.15) is 31.0 Å². The van der Waals surface area contributed by atoms with Gasteiger partial charge in [0.25, 0.3) is 0 Å². The fourth-order valence-electron chi connectivity index (χ4n) is 3.09. The molecule has 0 spiro atoms. The Kier molecular flexibility index (Phi) is 5.03. The zero-order chi connectivity index (χ0) is 20.4. The summed E-state index contributed by atoms with van der Waals surface area (Å²) in [7, 11) is 0. The predicted molar refractivity (Wildman–Crippen MR) is 112 cm³/mol. The van der Waals surface area contributed by atoms with Gasteiger partial charge in [0.2, 0.25) is 0 Å². The lowest BCUT2D eigenvalue weighted by Gasteiger charge is -2.37. The Balaban J connectivity index is 1.47. The highest BCUT2D eigenvalue weighted by atomic mass is 16.5. The average Bonchev–Trinajstić information content (AvgIpc) is 3.41. The summed E-state index contributed by atoms with van der Waals surface area (Å²) in [6.45, 7) is 3.55. The zero-order valence-electron chi connectivity index (χ0n) is 16.2. The Hall–Kier alpha value is -3.24. The van der Waals surface area contributed by atoms with Crippen LogP contribution in [0.3, 0.4) is 0 Å². The molecule has 10 heteroatoms. The predicted octanol–water partition coefficient (Wildman–Crippen LogP) is 0.591. The minimum atomic E-state index is -0.0933. The van der Waals surface area contributed by atoms with Gasteiger partial charge >= 0.3 is 0 Å². The van der Waals surface area contributed by atoms with Crippen molar-refractivity contribution in [1.29, 1.82) is 5.41 Å². The van der Waals surface area contributed by atoms with E-state index in [2.05, 4.69) is 37.7 Å². The Morgan fingerprint density at radius 1 is 1.34 bits per heavy atom. The normalized spacial score (nSPS) is 17.8. The summed E-state index contributed by atoms with van der Waals surface area (Å²) in [6, 6.07) is 7.40. The molecule has 7 N–H and O–H groups in total. The fourth-order valence-corrected chi connectivity index (χ4v) is 3.09. The van der Waals surface area contributed by atoms with Crippen molar-refractivity contribution in [2.75, 3.05) is 23.7 Å². The van der Waals surface area contributed by atoms with Crippen LogP contribution in [-0.2, 0) is 0 Å². The Morgan fingerprint density at radius 3 is 2.86 bits per heavy atom. The fraction of sp³-hybridized carbons (Fsp3) is 0.368. The third-order valence-electron chi connectivity index (χ3n) is 5.14. The van der Waals surface area contributed by atoms with Gasteiger partial charge < -0.3 is 15.4 Å². The highest BCUT2D eigenvalue weighted by Gasteiger charge is 2.40. The molecule has 2 aliphatic rings. The molecule has 1 saturated carbocycles. The van der Waals surface area contributed by atoms with E-state index in [1.165, 1.54) is 12.7 Å². The highest BCUT2D eigenvalue weighted by Crippen LogP contribution is 2.40. The number of nitrogens with two attached hydrogens (primary N) is 2. The molecule has 0 bridgehead atoms. The average molecular weight is 395 g/mol.